The predicted molar refractivity (Wildman–Crippen MR) is 97.3 cm³/mol. The summed E-state index contributed by atoms with van der Waals surface area (Å²) in [4.78, 5) is 0. The van der Waals surface area contributed by atoms with Crippen LogP contribution in [0.4, 0.5) is 0 Å². The molecule has 0 heterocycles. The van der Waals surface area contributed by atoms with Crippen LogP contribution in [-0.4, -0.2) is 14.2 Å². The van der Waals surface area contributed by atoms with Crippen LogP contribution in [-0.2, 0) is 0 Å². The molecule has 0 aromatic heterocycles. The van der Waals surface area contributed by atoms with Gasteiger partial charge in [0.1, 0.15) is 0 Å². The molecule has 2 aromatic rings. The first-order chi connectivity index (χ1) is 12.0. The summed E-state index contributed by atoms with van der Waals surface area (Å²) >= 11 is 12.0. The van der Waals surface area contributed by atoms with Crippen LogP contribution in [0.15, 0.2) is 36.4 Å². The van der Waals surface area contributed by atoms with Gasteiger partial charge in [0.2, 0.25) is 0 Å². The minimum Gasteiger partial charge on any atom is -0.493 e. The number of ether oxygens (including phenoxy) is 2. The molecule has 0 spiro atoms. The van der Waals surface area contributed by atoms with Crippen LogP contribution in [0.2, 0.25) is 10.0 Å². The molecule has 0 fully saturated rings. The lowest BCUT2D eigenvalue weighted by molar-refractivity contribution is 0.354. The molecule has 0 radical (unpaired) electrons. The number of halogens is 2. The summed E-state index contributed by atoms with van der Waals surface area (Å²) in [6.45, 7) is 0. The van der Waals surface area contributed by atoms with Gasteiger partial charge in [-0.05, 0) is 35.4 Å². The molecule has 2 atom stereocenters. The van der Waals surface area contributed by atoms with E-state index in [1.54, 1.807) is 44.6 Å². The molecule has 0 aliphatic rings. The van der Waals surface area contributed by atoms with E-state index < -0.39 is 5.92 Å². The third kappa shape index (κ3) is 4.17. The van der Waals surface area contributed by atoms with Crippen molar-refractivity contribution in [3.8, 4) is 23.6 Å². The fourth-order valence-electron chi connectivity index (χ4n) is 2.71. The monoisotopic (exact) mass is 374 g/mol. The molecular formula is C19H16Cl2N2O2. The van der Waals surface area contributed by atoms with Crippen LogP contribution < -0.4 is 9.47 Å². The molecule has 0 aliphatic carbocycles. The first-order valence-corrected chi connectivity index (χ1v) is 8.24. The Balaban J connectivity index is 2.50. The average molecular weight is 375 g/mol. The Kier molecular flexibility index (Phi) is 6.53. The number of nitriles is 2. The molecule has 0 saturated carbocycles. The minimum absolute atomic E-state index is 0.175. The van der Waals surface area contributed by atoms with Crippen molar-refractivity contribution in [2.24, 2.45) is 0 Å². The normalized spacial score (nSPS) is 12.6. The first-order valence-electron chi connectivity index (χ1n) is 7.49. The second kappa shape index (κ2) is 8.62. The van der Waals surface area contributed by atoms with E-state index in [4.69, 9.17) is 32.7 Å². The maximum absolute atomic E-state index is 9.73. The van der Waals surface area contributed by atoms with Gasteiger partial charge >= 0.3 is 0 Å². The van der Waals surface area contributed by atoms with E-state index in [-0.39, 0.29) is 12.3 Å². The van der Waals surface area contributed by atoms with Crippen LogP contribution in [0.5, 0.6) is 11.5 Å². The van der Waals surface area contributed by atoms with Gasteiger partial charge in [0.15, 0.2) is 11.5 Å². The van der Waals surface area contributed by atoms with Gasteiger partial charge in [0.25, 0.3) is 0 Å². The molecule has 0 N–H and O–H groups in total. The number of nitrogens with zero attached hydrogens (tertiary/aromatic N) is 2. The zero-order valence-electron chi connectivity index (χ0n) is 13.8. The maximum Gasteiger partial charge on any atom is 0.160 e. The lowest BCUT2D eigenvalue weighted by Gasteiger charge is -2.22. The van der Waals surface area contributed by atoms with Gasteiger partial charge in [-0.25, -0.2) is 0 Å². The highest BCUT2D eigenvalue weighted by Gasteiger charge is 2.26. The largest absolute Gasteiger partial charge is 0.493 e. The summed E-state index contributed by atoms with van der Waals surface area (Å²) in [6, 6.07) is 14.9. The van der Waals surface area contributed by atoms with E-state index in [2.05, 4.69) is 12.1 Å². The number of hydrogen-bond donors (Lipinski definition) is 0. The van der Waals surface area contributed by atoms with Gasteiger partial charge in [-0.15, -0.1) is 0 Å². The van der Waals surface area contributed by atoms with Crippen LogP contribution in [0.25, 0.3) is 0 Å². The van der Waals surface area contributed by atoms with Crippen molar-refractivity contribution in [3.05, 3.63) is 57.6 Å². The Hall–Kier alpha value is -2.40. The molecule has 0 amide bonds. The molecule has 0 unspecified atom stereocenters. The fraction of sp³-hybridized carbons (Fsp3) is 0.263. The summed E-state index contributed by atoms with van der Waals surface area (Å²) in [7, 11) is 3.10. The van der Waals surface area contributed by atoms with Gasteiger partial charge in [-0.1, -0.05) is 35.3 Å². The predicted octanol–water partition coefficient (Wildman–Crippen LogP) is 5.32. The highest BCUT2D eigenvalue weighted by molar-refractivity contribution is 6.42. The third-order valence-electron chi connectivity index (χ3n) is 3.99. The Morgan fingerprint density at radius 3 is 2.16 bits per heavy atom. The van der Waals surface area contributed by atoms with Crippen LogP contribution in [0, 0.1) is 22.7 Å². The molecule has 0 aliphatic heterocycles. The smallest absolute Gasteiger partial charge is 0.160 e. The van der Waals surface area contributed by atoms with Gasteiger partial charge in [0, 0.05) is 12.3 Å². The van der Waals surface area contributed by atoms with Gasteiger partial charge in [-0.2, -0.15) is 10.5 Å². The Labute approximate surface area is 157 Å². The van der Waals surface area contributed by atoms with E-state index in [9.17, 15) is 10.5 Å². The number of benzene rings is 2. The van der Waals surface area contributed by atoms with Crippen molar-refractivity contribution in [1.82, 2.24) is 0 Å². The zero-order chi connectivity index (χ0) is 18.4. The summed E-state index contributed by atoms with van der Waals surface area (Å²) in [5.74, 6) is 0.248. The summed E-state index contributed by atoms with van der Waals surface area (Å²) in [5, 5.41) is 19.8. The van der Waals surface area contributed by atoms with Crippen molar-refractivity contribution in [1.29, 1.82) is 10.5 Å². The maximum atomic E-state index is 9.73. The molecule has 0 saturated heterocycles. The van der Waals surface area contributed by atoms with E-state index in [1.165, 1.54) is 0 Å². The highest BCUT2D eigenvalue weighted by atomic mass is 35.5. The molecule has 4 nitrogen and oxygen atoms in total. The minimum atomic E-state index is -0.549. The van der Waals surface area contributed by atoms with Crippen LogP contribution in [0.3, 0.4) is 0 Å². The lowest BCUT2D eigenvalue weighted by Crippen LogP contribution is -2.10. The molecule has 6 heteroatoms. The molecule has 25 heavy (non-hydrogen) atoms. The van der Waals surface area contributed by atoms with Crippen molar-refractivity contribution in [3.63, 3.8) is 0 Å². The van der Waals surface area contributed by atoms with E-state index in [0.29, 0.717) is 27.1 Å². The van der Waals surface area contributed by atoms with Gasteiger partial charge in [0.05, 0.1) is 42.3 Å². The van der Waals surface area contributed by atoms with Gasteiger partial charge in [-0.3, -0.25) is 0 Å². The second-order valence-electron chi connectivity index (χ2n) is 5.36. The second-order valence-corrected chi connectivity index (χ2v) is 6.18. The quantitative estimate of drug-likeness (QED) is 0.686. The Morgan fingerprint density at radius 2 is 1.60 bits per heavy atom. The Morgan fingerprint density at radius 1 is 0.920 bits per heavy atom. The van der Waals surface area contributed by atoms with Crippen LogP contribution in [0.1, 0.15) is 29.4 Å². The molecule has 2 rings (SSSR count). The van der Waals surface area contributed by atoms with Crippen LogP contribution >= 0.6 is 23.2 Å². The lowest BCUT2D eigenvalue weighted by atomic mass is 9.80. The summed E-state index contributed by atoms with van der Waals surface area (Å²) < 4.78 is 10.6. The number of hydrogen-bond acceptors (Lipinski definition) is 4. The topological polar surface area (TPSA) is 66.0 Å². The Bertz CT molecular complexity index is 840. The molecular weight excluding hydrogens is 359 g/mol. The van der Waals surface area contributed by atoms with Crippen molar-refractivity contribution in [2.45, 2.75) is 18.3 Å². The first kappa shape index (κ1) is 18.9. The standard InChI is InChI=1S/C19H16Cl2N2O2/c1-24-18-6-4-13(10-19(18)25-2)14(7-8-22)15(11-23)12-3-5-16(20)17(21)9-12/h3-6,9-10,14-15H,7H2,1-2H3/t14-,15+/m1/s1. The third-order valence-corrected chi connectivity index (χ3v) is 4.73. The fourth-order valence-corrected chi connectivity index (χ4v) is 3.02. The summed E-state index contributed by atoms with van der Waals surface area (Å²) in [6.07, 6.45) is 0.175. The van der Waals surface area contributed by atoms with Crippen molar-refractivity contribution < 1.29 is 9.47 Å². The van der Waals surface area contributed by atoms with E-state index in [0.717, 1.165) is 5.56 Å². The highest BCUT2D eigenvalue weighted by Crippen LogP contribution is 2.40. The van der Waals surface area contributed by atoms with E-state index >= 15 is 0 Å². The number of methoxy groups -OCH3 is 2. The summed E-state index contributed by atoms with van der Waals surface area (Å²) in [5.41, 5.74) is 1.53. The average Bonchev–Trinajstić information content (AvgIpc) is 2.63. The zero-order valence-corrected chi connectivity index (χ0v) is 15.3. The molecule has 2 aromatic carbocycles. The molecule has 0 bridgehead atoms. The van der Waals surface area contributed by atoms with E-state index in [1.807, 2.05) is 6.07 Å². The van der Waals surface area contributed by atoms with Crippen molar-refractivity contribution >= 4 is 23.2 Å². The number of rotatable bonds is 6. The van der Waals surface area contributed by atoms with Crippen molar-refractivity contribution in [2.75, 3.05) is 14.2 Å². The van der Waals surface area contributed by atoms with Gasteiger partial charge < -0.3 is 9.47 Å². The molecule has 128 valence electrons. The SMILES string of the molecule is COc1ccc([C@@H](CC#N)[C@@H](C#N)c2ccc(Cl)c(Cl)c2)cc1OC.